The molecular formula is C16H25N3O4. The third-order valence-electron chi connectivity index (χ3n) is 4.47. The van der Waals surface area contributed by atoms with Crippen LogP contribution in [-0.4, -0.2) is 58.5 Å². The van der Waals surface area contributed by atoms with Gasteiger partial charge in [0.05, 0.1) is 6.61 Å². The number of aryl methyl sites for hydroxylation is 1. The van der Waals surface area contributed by atoms with E-state index in [9.17, 15) is 14.7 Å². The number of methoxy groups -OCH3 is 1. The summed E-state index contributed by atoms with van der Waals surface area (Å²) in [5.41, 5.74) is 0.319. The molecule has 0 radical (unpaired) electrons. The van der Waals surface area contributed by atoms with Gasteiger partial charge in [0.25, 0.3) is 5.91 Å². The van der Waals surface area contributed by atoms with Crippen LogP contribution in [0.2, 0.25) is 0 Å². The largest absolute Gasteiger partial charge is 0.481 e. The van der Waals surface area contributed by atoms with E-state index in [0.29, 0.717) is 25.1 Å². The SMILES string of the molecule is COCC1(C(=O)O)CCCN(C(=O)c2cc(C(C)C)n(C)n2)C1. The molecule has 1 N–H and O–H groups in total. The Balaban J connectivity index is 2.22. The number of hydrogen-bond donors (Lipinski definition) is 1. The molecule has 1 saturated heterocycles. The molecule has 0 aliphatic carbocycles. The number of rotatable bonds is 5. The predicted octanol–water partition coefficient (Wildman–Crippen LogP) is 1.50. The number of carboxylic acids is 1. The van der Waals surface area contributed by atoms with Crippen molar-refractivity contribution in [3.05, 3.63) is 17.5 Å². The predicted molar refractivity (Wildman–Crippen MR) is 84.4 cm³/mol. The van der Waals surface area contributed by atoms with Crippen LogP contribution in [0.1, 0.15) is 48.8 Å². The summed E-state index contributed by atoms with van der Waals surface area (Å²) < 4.78 is 6.81. The number of amides is 1. The Morgan fingerprint density at radius 1 is 1.48 bits per heavy atom. The van der Waals surface area contributed by atoms with Crippen LogP contribution >= 0.6 is 0 Å². The van der Waals surface area contributed by atoms with E-state index < -0.39 is 11.4 Å². The highest BCUT2D eigenvalue weighted by molar-refractivity contribution is 5.93. The molecular weight excluding hydrogens is 298 g/mol. The fourth-order valence-electron chi connectivity index (χ4n) is 3.22. The first-order valence-corrected chi connectivity index (χ1v) is 7.86. The number of aliphatic carboxylic acids is 1. The molecule has 128 valence electrons. The van der Waals surface area contributed by atoms with Crippen LogP contribution in [0, 0.1) is 5.41 Å². The lowest BCUT2D eigenvalue weighted by molar-refractivity contribution is -0.155. The second kappa shape index (κ2) is 6.70. The molecule has 2 heterocycles. The van der Waals surface area contributed by atoms with Gasteiger partial charge in [-0.05, 0) is 24.8 Å². The molecule has 1 aromatic rings. The molecule has 7 heteroatoms. The summed E-state index contributed by atoms with van der Waals surface area (Å²) in [6.07, 6.45) is 1.16. The smallest absolute Gasteiger partial charge is 0.313 e. The molecule has 2 rings (SSSR count). The number of carbonyl (C=O) groups is 2. The normalized spacial score (nSPS) is 21.7. The Kier molecular flexibility index (Phi) is 5.09. The summed E-state index contributed by atoms with van der Waals surface area (Å²) in [7, 11) is 3.30. The van der Waals surface area contributed by atoms with Crippen LogP contribution in [0.4, 0.5) is 0 Å². The van der Waals surface area contributed by atoms with E-state index in [1.807, 2.05) is 20.9 Å². The van der Waals surface area contributed by atoms with E-state index >= 15 is 0 Å². The average Bonchev–Trinajstić information content (AvgIpc) is 2.89. The summed E-state index contributed by atoms with van der Waals surface area (Å²) in [5, 5.41) is 13.9. The van der Waals surface area contributed by atoms with Crippen LogP contribution in [-0.2, 0) is 16.6 Å². The van der Waals surface area contributed by atoms with Gasteiger partial charge in [0.2, 0.25) is 0 Å². The van der Waals surface area contributed by atoms with Crippen molar-refractivity contribution in [2.45, 2.75) is 32.6 Å². The minimum Gasteiger partial charge on any atom is -0.481 e. The average molecular weight is 323 g/mol. The van der Waals surface area contributed by atoms with Crippen molar-refractivity contribution >= 4 is 11.9 Å². The standard InChI is InChI=1S/C16H25N3O4/c1-11(2)13-8-12(17-18(13)3)14(20)19-7-5-6-16(9-19,10-23-4)15(21)22/h8,11H,5-7,9-10H2,1-4H3,(H,21,22). The number of piperidine rings is 1. The highest BCUT2D eigenvalue weighted by Crippen LogP contribution is 2.31. The number of carboxylic acid groups (broad SMARTS) is 1. The Hall–Kier alpha value is -1.89. The molecule has 23 heavy (non-hydrogen) atoms. The lowest BCUT2D eigenvalue weighted by Crippen LogP contribution is -2.52. The molecule has 0 saturated carbocycles. The number of nitrogens with zero attached hydrogens (tertiary/aromatic N) is 3. The second-order valence-electron chi connectivity index (χ2n) is 6.58. The Bertz CT molecular complexity index is 592. The zero-order valence-electron chi connectivity index (χ0n) is 14.2. The van der Waals surface area contributed by atoms with Gasteiger partial charge in [-0.2, -0.15) is 5.10 Å². The van der Waals surface area contributed by atoms with Crippen molar-refractivity contribution in [2.75, 3.05) is 26.8 Å². The summed E-state index contributed by atoms with van der Waals surface area (Å²) >= 11 is 0. The van der Waals surface area contributed by atoms with Gasteiger partial charge in [-0.25, -0.2) is 0 Å². The van der Waals surface area contributed by atoms with E-state index in [1.54, 1.807) is 15.6 Å². The minimum atomic E-state index is -1.03. The first-order valence-electron chi connectivity index (χ1n) is 7.86. The zero-order chi connectivity index (χ0) is 17.2. The number of carbonyl (C=O) groups excluding carboxylic acids is 1. The fraction of sp³-hybridized carbons (Fsp3) is 0.688. The zero-order valence-corrected chi connectivity index (χ0v) is 14.2. The van der Waals surface area contributed by atoms with Crippen molar-refractivity contribution in [2.24, 2.45) is 12.5 Å². The van der Waals surface area contributed by atoms with Gasteiger partial charge >= 0.3 is 5.97 Å². The van der Waals surface area contributed by atoms with Crippen molar-refractivity contribution < 1.29 is 19.4 Å². The quantitative estimate of drug-likeness (QED) is 0.887. The topological polar surface area (TPSA) is 84.7 Å². The van der Waals surface area contributed by atoms with Gasteiger partial charge in [0, 0.05) is 32.9 Å². The molecule has 1 amide bonds. The molecule has 1 unspecified atom stereocenters. The van der Waals surface area contributed by atoms with Crippen LogP contribution in [0.3, 0.4) is 0 Å². The second-order valence-corrected chi connectivity index (χ2v) is 6.58. The summed E-state index contributed by atoms with van der Waals surface area (Å²) in [4.78, 5) is 26.0. The first-order chi connectivity index (χ1) is 10.8. The van der Waals surface area contributed by atoms with E-state index in [0.717, 1.165) is 5.69 Å². The number of hydrogen-bond acceptors (Lipinski definition) is 4. The number of likely N-dealkylation sites (tertiary alicyclic amines) is 1. The Morgan fingerprint density at radius 3 is 2.70 bits per heavy atom. The molecule has 7 nitrogen and oxygen atoms in total. The summed E-state index contributed by atoms with van der Waals surface area (Å²) in [5.74, 6) is -0.864. The number of ether oxygens (including phenoxy) is 1. The van der Waals surface area contributed by atoms with Crippen LogP contribution in [0.15, 0.2) is 6.07 Å². The lowest BCUT2D eigenvalue weighted by Gasteiger charge is -2.39. The Morgan fingerprint density at radius 2 is 2.17 bits per heavy atom. The van der Waals surface area contributed by atoms with Gasteiger partial charge < -0.3 is 14.7 Å². The molecule has 1 aromatic heterocycles. The molecule has 1 aliphatic heterocycles. The van der Waals surface area contributed by atoms with Crippen molar-refractivity contribution in [3.63, 3.8) is 0 Å². The van der Waals surface area contributed by atoms with E-state index in [-0.39, 0.29) is 25.0 Å². The molecule has 1 aliphatic rings. The van der Waals surface area contributed by atoms with Crippen molar-refractivity contribution in [3.8, 4) is 0 Å². The van der Waals surface area contributed by atoms with Gasteiger partial charge in [-0.15, -0.1) is 0 Å². The third kappa shape index (κ3) is 3.39. The van der Waals surface area contributed by atoms with Gasteiger partial charge in [-0.1, -0.05) is 13.8 Å². The molecule has 0 aromatic carbocycles. The fourth-order valence-corrected chi connectivity index (χ4v) is 3.22. The summed E-state index contributed by atoms with van der Waals surface area (Å²) in [6, 6.07) is 1.79. The van der Waals surface area contributed by atoms with Crippen molar-refractivity contribution in [1.82, 2.24) is 14.7 Å². The van der Waals surface area contributed by atoms with E-state index in [4.69, 9.17) is 4.74 Å². The van der Waals surface area contributed by atoms with E-state index in [2.05, 4.69) is 5.10 Å². The van der Waals surface area contributed by atoms with Crippen LogP contribution in [0.25, 0.3) is 0 Å². The molecule has 0 spiro atoms. The molecule has 1 atom stereocenters. The highest BCUT2D eigenvalue weighted by atomic mass is 16.5. The Labute approximate surface area is 136 Å². The maximum absolute atomic E-state index is 12.7. The minimum absolute atomic E-state index is 0.103. The molecule has 0 bridgehead atoms. The van der Waals surface area contributed by atoms with Gasteiger partial charge in [-0.3, -0.25) is 14.3 Å². The van der Waals surface area contributed by atoms with Gasteiger partial charge in [0.1, 0.15) is 5.41 Å². The van der Waals surface area contributed by atoms with Gasteiger partial charge in [0.15, 0.2) is 5.69 Å². The summed E-state index contributed by atoms with van der Waals surface area (Å²) in [6.45, 7) is 4.89. The monoisotopic (exact) mass is 323 g/mol. The molecule has 1 fully saturated rings. The highest BCUT2D eigenvalue weighted by Gasteiger charge is 2.44. The number of aromatic nitrogens is 2. The maximum Gasteiger partial charge on any atom is 0.313 e. The third-order valence-corrected chi connectivity index (χ3v) is 4.47. The van der Waals surface area contributed by atoms with Crippen LogP contribution < -0.4 is 0 Å². The van der Waals surface area contributed by atoms with E-state index in [1.165, 1.54) is 7.11 Å². The maximum atomic E-state index is 12.7. The lowest BCUT2D eigenvalue weighted by atomic mass is 9.80. The van der Waals surface area contributed by atoms with Crippen LogP contribution in [0.5, 0.6) is 0 Å². The van der Waals surface area contributed by atoms with Crippen molar-refractivity contribution in [1.29, 1.82) is 0 Å². The first kappa shape index (κ1) is 17.5.